The van der Waals surface area contributed by atoms with Gasteiger partial charge < -0.3 is 9.80 Å². The smallest absolute Gasteiger partial charge is 0.253 e. The lowest BCUT2D eigenvalue weighted by Gasteiger charge is -2.35. The topological polar surface area (TPSA) is 53.5 Å². The van der Waals surface area contributed by atoms with E-state index < -0.39 is 0 Å². The largest absolute Gasteiger partial charge is 0.339 e. The Bertz CT molecular complexity index is 705. The second kappa shape index (κ2) is 7.25. The molecule has 124 valence electrons. The summed E-state index contributed by atoms with van der Waals surface area (Å²) in [5, 5.41) is 0. The maximum absolute atomic E-state index is 12.5. The molecule has 2 amide bonds. The standard InChI is InChI=1S/C19H21N3O2/c1-15-4-6-17(7-5-15)19(24)22-11-9-21(10-12-22)18(23)13-16-3-2-8-20-14-16/h2-8,14H,9-13H2,1H3. The highest BCUT2D eigenvalue weighted by Crippen LogP contribution is 2.11. The average molecular weight is 323 g/mol. The minimum absolute atomic E-state index is 0.0364. The van der Waals surface area contributed by atoms with E-state index in [4.69, 9.17) is 0 Å². The zero-order chi connectivity index (χ0) is 16.9. The van der Waals surface area contributed by atoms with E-state index >= 15 is 0 Å². The Hall–Kier alpha value is -2.69. The molecule has 1 aliphatic heterocycles. The van der Waals surface area contributed by atoms with Gasteiger partial charge in [0, 0.05) is 44.1 Å². The molecule has 0 saturated carbocycles. The SMILES string of the molecule is Cc1ccc(C(=O)N2CCN(C(=O)Cc3cccnc3)CC2)cc1. The number of amides is 2. The van der Waals surface area contributed by atoms with E-state index in [-0.39, 0.29) is 11.8 Å². The summed E-state index contributed by atoms with van der Waals surface area (Å²) in [6, 6.07) is 11.3. The lowest BCUT2D eigenvalue weighted by molar-refractivity contribution is -0.131. The molecule has 0 atom stereocenters. The normalized spacial score (nSPS) is 14.5. The first-order valence-corrected chi connectivity index (χ1v) is 8.16. The zero-order valence-electron chi connectivity index (χ0n) is 13.8. The second-order valence-electron chi connectivity index (χ2n) is 6.08. The van der Waals surface area contributed by atoms with Crippen molar-refractivity contribution < 1.29 is 9.59 Å². The average Bonchev–Trinajstić information content (AvgIpc) is 2.63. The van der Waals surface area contributed by atoms with Crippen LogP contribution in [0, 0.1) is 6.92 Å². The summed E-state index contributed by atoms with van der Waals surface area (Å²) in [7, 11) is 0. The Morgan fingerprint density at radius 1 is 1.00 bits per heavy atom. The van der Waals surface area contributed by atoms with Crippen molar-refractivity contribution >= 4 is 11.8 Å². The van der Waals surface area contributed by atoms with Gasteiger partial charge in [0.25, 0.3) is 5.91 Å². The van der Waals surface area contributed by atoms with Gasteiger partial charge in [-0.05, 0) is 30.7 Å². The molecule has 1 aromatic heterocycles. The van der Waals surface area contributed by atoms with Crippen molar-refractivity contribution in [2.75, 3.05) is 26.2 Å². The van der Waals surface area contributed by atoms with Crippen molar-refractivity contribution in [3.63, 3.8) is 0 Å². The molecule has 0 bridgehead atoms. The van der Waals surface area contributed by atoms with Gasteiger partial charge in [-0.3, -0.25) is 14.6 Å². The van der Waals surface area contributed by atoms with E-state index in [1.54, 1.807) is 12.4 Å². The number of pyridine rings is 1. The molecule has 0 aliphatic carbocycles. The maximum Gasteiger partial charge on any atom is 0.253 e. The van der Waals surface area contributed by atoms with E-state index in [2.05, 4.69) is 4.98 Å². The van der Waals surface area contributed by atoms with Crippen LogP contribution < -0.4 is 0 Å². The Morgan fingerprint density at radius 2 is 1.67 bits per heavy atom. The van der Waals surface area contributed by atoms with Crippen molar-refractivity contribution in [2.24, 2.45) is 0 Å². The van der Waals surface area contributed by atoms with Crippen LogP contribution in [-0.4, -0.2) is 52.8 Å². The summed E-state index contributed by atoms with van der Waals surface area (Å²) in [5.74, 6) is 0.125. The van der Waals surface area contributed by atoms with Gasteiger partial charge >= 0.3 is 0 Å². The summed E-state index contributed by atoms with van der Waals surface area (Å²) in [5.41, 5.74) is 2.76. The van der Waals surface area contributed by atoms with E-state index in [0.717, 1.165) is 11.1 Å². The number of rotatable bonds is 3. The van der Waals surface area contributed by atoms with Crippen LogP contribution in [0.2, 0.25) is 0 Å². The summed E-state index contributed by atoms with van der Waals surface area (Å²) < 4.78 is 0. The molecule has 1 aliphatic rings. The highest BCUT2D eigenvalue weighted by Gasteiger charge is 2.24. The lowest BCUT2D eigenvalue weighted by Crippen LogP contribution is -2.51. The number of hydrogen-bond acceptors (Lipinski definition) is 3. The molecule has 24 heavy (non-hydrogen) atoms. The van der Waals surface area contributed by atoms with Gasteiger partial charge in [0.1, 0.15) is 0 Å². The fourth-order valence-electron chi connectivity index (χ4n) is 2.83. The molecule has 2 aromatic rings. The third-order valence-corrected chi connectivity index (χ3v) is 4.30. The number of carbonyl (C=O) groups is 2. The van der Waals surface area contributed by atoms with Gasteiger partial charge in [0.15, 0.2) is 0 Å². The minimum atomic E-state index is 0.0364. The molecular formula is C19H21N3O2. The Labute approximate surface area is 141 Å². The fraction of sp³-hybridized carbons (Fsp3) is 0.316. The van der Waals surface area contributed by atoms with Gasteiger partial charge in [-0.1, -0.05) is 23.8 Å². The predicted molar refractivity (Wildman–Crippen MR) is 91.6 cm³/mol. The van der Waals surface area contributed by atoms with Crippen LogP contribution in [0.5, 0.6) is 0 Å². The maximum atomic E-state index is 12.5. The van der Waals surface area contributed by atoms with Gasteiger partial charge in [0.2, 0.25) is 5.91 Å². The summed E-state index contributed by atoms with van der Waals surface area (Å²) in [6.07, 6.45) is 3.78. The first kappa shape index (κ1) is 16.2. The quantitative estimate of drug-likeness (QED) is 0.867. The second-order valence-corrected chi connectivity index (χ2v) is 6.08. The zero-order valence-corrected chi connectivity index (χ0v) is 13.8. The molecule has 0 N–H and O–H groups in total. The van der Waals surface area contributed by atoms with E-state index in [0.29, 0.717) is 38.2 Å². The molecule has 0 unspecified atom stereocenters. The van der Waals surface area contributed by atoms with Crippen molar-refractivity contribution in [2.45, 2.75) is 13.3 Å². The molecule has 1 saturated heterocycles. The Balaban J connectivity index is 1.54. The number of nitrogens with zero attached hydrogens (tertiary/aromatic N) is 3. The van der Waals surface area contributed by atoms with Crippen molar-refractivity contribution in [1.82, 2.24) is 14.8 Å². The molecule has 5 heteroatoms. The molecule has 1 fully saturated rings. The van der Waals surface area contributed by atoms with Crippen molar-refractivity contribution in [3.05, 3.63) is 65.5 Å². The molecule has 2 heterocycles. The molecule has 1 aromatic carbocycles. The molecule has 0 radical (unpaired) electrons. The third kappa shape index (κ3) is 3.79. The first-order chi connectivity index (χ1) is 11.6. The van der Waals surface area contributed by atoms with E-state index in [1.165, 1.54) is 0 Å². The number of carbonyl (C=O) groups excluding carboxylic acids is 2. The van der Waals surface area contributed by atoms with Crippen LogP contribution in [-0.2, 0) is 11.2 Å². The van der Waals surface area contributed by atoms with Crippen LogP contribution in [0.15, 0.2) is 48.8 Å². The van der Waals surface area contributed by atoms with Crippen molar-refractivity contribution in [3.8, 4) is 0 Å². The van der Waals surface area contributed by atoms with Gasteiger partial charge in [0.05, 0.1) is 6.42 Å². The monoisotopic (exact) mass is 323 g/mol. The Morgan fingerprint density at radius 3 is 2.29 bits per heavy atom. The fourth-order valence-corrected chi connectivity index (χ4v) is 2.83. The lowest BCUT2D eigenvalue weighted by atomic mass is 10.1. The number of hydrogen-bond donors (Lipinski definition) is 0. The highest BCUT2D eigenvalue weighted by atomic mass is 16.2. The van der Waals surface area contributed by atoms with Crippen LogP contribution in [0.25, 0.3) is 0 Å². The van der Waals surface area contributed by atoms with Crippen LogP contribution in [0.1, 0.15) is 21.5 Å². The van der Waals surface area contributed by atoms with Crippen LogP contribution in [0.4, 0.5) is 0 Å². The number of benzene rings is 1. The number of aryl methyl sites for hydroxylation is 1. The summed E-state index contributed by atoms with van der Waals surface area (Å²) in [6.45, 7) is 4.31. The Kier molecular flexibility index (Phi) is 4.89. The molecule has 5 nitrogen and oxygen atoms in total. The van der Waals surface area contributed by atoms with Gasteiger partial charge in [-0.25, -0.2) is 0 Å². The van der Waals surface area contributed by atoms with Crippen molar-refractivity contribution in [1.29, 1.82) is 0 Å². The molecule has 0 spiro atoms. The highest BCUT2D eigenvalue weighted by molar-refractivity contribution is 5.94. The molecule has 3 rings (SSSR count). The van der Waals surface area contributed by atoms with Gasteiger partial charge in [-0.15, -0.1) is 0 Å². The van der Waals surface area contributed by atoms with E-state index in [9.17, 15) is 9.59 Å². The summed E-state index contributed by atoms with van der Waals surface area (Å²) in [4.78, 5) is 32.5. The number of aromatic nitrogens is 1. The van der Waals surface area contributed by atoms with Crippen LogP contribution in [0.3, 0.4) is 0 Å². The van der Waals surface area contributed by atoms with E-state index in [1.807, 2.05) is 53.1 Å². The first-order valence-electron chi connectivity index (χ1n) is 8.16. The third-order valence-electron chi connectivity index (χ3n) is 4.30. The predicted octanol–water partition coefficient (Wildman–Crippen LogP) is 1.92. The molecular weight excluding hydrogens is 302 g/mol. The van der Waals surface area contributed by atoms with Gasteiger partial charge in [-0.2, -0.15) is 0 Å². The number of piperazine rings is 1. The summed E-state index contributed by atoms with van der Waals surface area (Å²) >= 11 is 0. The minimum Gasteiger partial charge on any atom is -0.339 e. The van der Waals surface area contributed by atoms with Crippen LogP contribution >= 0.6 is 0 Å².